The minimum absolute atomic E-state index is 1.09. The van der Waals surface area contributed by atoms with Gasteiger partial charge in [-0.25, -0.2) is 4.98 Å². The molecule has 2 heteroatoms. The average molecular weight is 488 g/mol. The van der Waals surface area contributed by atoms with Crippen LogP contribution < -0.4 is 0 Å². The van der Waals surface area contributed by atoms with Crippen molar-refractivity contribution in [2.45, 2.75) is 0 Å². The fourth-order valence-corrected chi connectivity index (χ4v) is 7.15. The highest BCUT2D eigenvalue weighted by atomic mass is 32.1. The first-order valence-corrected chi connectivity index (χ1v) is 13.4. The fourth-order valence-electron chi connectivity index (χ4n) is 5.98. The summed E-state index contributed by atoms with van der Waals surface area (Å²) in [5, 5.41) is 2.50. The van der Waals surface area contributed by atoms with Gasteiger partial charge in [0, 0.05) is 27.2 Å². The summed E-state index contributed by atoms with van der Waals surface area (Å²) in [5.41, 5.74) is 12.7. The number of nitrogens with zero attached hydrogens (tertiary/aromatic N) is 1. The largest absolute Gasteiger partial charge is 0.245 e. The van der Waals surface area contributed by atoms with Crippen LogP contribution in [0.5, 0.6) is 0 Å². The van der Waals surface area contributed by atoms with Crippen LogP contribution in [0.4, 0.5) is 0 Å². The smallest absolute Gasteiger partial charge is 0.124 e. The van der Waals surface area contributed by atoms with Gasteiger partial charge in [-0.3, -0.25) is 0 Å². The molecule has 0 spiro atoms. The maximum Gasteiger partial charge on any atom is 0.124 e. The Morgan fingerprint density at radius 2 is 0.838 bits per heavy atom. The molecule has 0 N–H and O–H groups in total. The van der Waals surface area contributed by atoms with E-state index in [1.807, 2.05) is 12.3 Å². The molecular weight excluding hydrogens is 466 g/mol. The lowest BCUT2D eigenvalue weighted by Gasteiger charge is -2.25. The van der Waals surface area contributed by atoms with Crippen molar-refractivity contribution in [1.82, 2.24) is 4.98 Å². The molecule has 1 nitrogen and oxygen atoms in total. The van der Waals surface area contributed by atoms with Gasteiger partial charge in [-0.2, -0.15) is 0 Å². The number of hydrogen-bond donors (Lipinski definition) is 0. The lowest BCUT2D eigenvalue weighted by Crippen LogP contribution is -1.98. The Labute approximate surface area is 219 Å². The second-order valence-electron chi connectivity index (χ2n) is 9.51. The van der Waals surface area contributed by atoms with Crippen LogP contribution in [-0.4, -0.2) is 4.98 Å². The zero-order valence-corrected chi connectivity index (χ0v) is 20.8. The number of thiophene rings is 1. The second-order valence-corrected chi connectivity index (χ2v) is 10.5. The van der Waals surface area contributed by atoms with Crippen LogP contribution in [0, 0.1) is 0 Å². The van der Waals surface area contributed by atoms with E-state index in [-0.39, 0.29) is 0 Å². The van der Waals surface area contributed by atoms with E-state index >= 15 is 0 Å². The maximum atomic E-state index is 4.68. The number of aromatic nitrogens is 1. The van der Waals surface area contributed by atoms with Crippen LogP contribution in [0.1, 0.15) is 0 Å². The van der Waals surface area contributed by atoms with Crippen molar-refractivity contribution in [3.63, 3.8) is 0 Å². The molecule has 0 amide bonds. The Morgan fingerprint density at radius 3 is 1.51 bits per heavy atom. The minimum Gasteiger partial charge on any atom is -0.245 e. The van der Waals surface area contributed by atoms with Gasteiger partial charge in [0.2, 0.25) is 0 Å². The maximum absolute atomic E-state index is 4.68. The molecule has 7 aromatic rings. The molecule has 0 saturated heterocycles. The highest BCUT2D eigenvalue weighted by Crippen LogP contribution is 2.51. The summed E-state index contributed by atoms with van der Waals surface area (Å²) in [4.78, 5) is 5.76. The molecule has 8 rings (SSSR count). The zero-order chi connectivity index (χ0) is 24.3. The lowest BCUT2D eigenvalue weighted by atomic mass is 9.78. The van der Waals surface area contributed by atoms with Crippen molar-refractivity contribution in [2.24, 2.45) is 0 Å². The first-order chi connectivity index (χ1) is 18.4. The van der Waals surface area contributed by atoms with E-state index < -0.39 is 0 Å². The molecule has 37 heavy (non-hydrogen) atoms. The molecule has 1 aliphatic carbocycles. The predicted octanol–water partition coefficient (Wildman–Crippen LogP) is 10.1. The number of benzene rings is 5. The molecule has 172 valence electrons. The summed E-state index contributed by atoms with van der Waals surface area (Å²) < 4.78 is 1.29. The third-order valence-corrected chi connectivity index (χ3v) is 8.71. The Kier molecular flexibility index (Phi) is 4.46. The molecule has 2 heterocycles. The topological polar surface area (TPSA) is 12.9 Å². The SMILES string of the molecule is c1ccc2c(c1)-c1ccccc1-c1cccc(-c3cccc4c3sc3ncccc34)c1-c1ccccc1-2. The molecule has 0 unspecified atom stereocenters. The number of fused-ring (bicyclic) bond motifs is 11. The Balaban J connectivity index is 1.54. The number of rotatable bonds is 1. The Bertz CT molecular complexity index is 1990. The zero-order valence-electron chi connectivity index (χ0n) is 20.0. The predicted molar refractivity (Wildman–Crippen MR) is 158 cm³/mol. The van der Waals surface area contributed by atoms with Crippen LogP contribution in [0.3, 0.4) is 0 Å². The molecule has 0 saturated carbocycles. The van der Waals surface area contributed by atoms with Crippen molar-refractivity contribution < 1.29 is 0 Å². The van der Waals surface area contributed by atoms with Gasteiger partial charge in [0.15, 0.2) is 0 Å². The lowest BCUT2D eigenvalue weighted by molar-refractivity contribution is 1.45. The van der Waals surface area contributed by atoms with E-state index in [2.05, 4.69) is 120 Å². The number of pyridine rings is 1. The van der Waals surface area contributed by atoms with Crippen LogP contribution in [-0.2, 0) is 0 Å². The minimum atomic E-state index is 1.09. The van der Waals surface area contributed by atoms with Crippen LogP contribution in [0.15, 0.2) is 128 Å². The molecule has 0 bridgehead atoms. The highest BCUT2D eigenvalue weighted by Gasteiger charge is 2.24. The normalized spacial score (nSPS) is 11.8. The van der Waals surface area contributed by atoms with E-state index in [4.69, 9.17) is 0 Å². The van der Waals surface area contributed by atoms with E-state index in [0.717, 1.165) is 4.83 Å². The monoisotopic (exact) mass is 487 g/mol. The van der Waals surface area contributed by atoms with Gasteiger partial charge in [0.1, 0.15) is 4.83 Å². The van der Waals surface area contributed by atoms with Crippen molar-refractivity contribution in [2.75, 3.05) is 0 Å². The van der Waals surface area contributed by atoms with E-state index in [1.54, 1.807) is 11.3 Å². The first-order valence-electron chi connectivity index (χ1n) is 12.6. The van der Waals surface area contributed by atoms with Crippen LogP contribution in [0.2, 0.25) is 0 Å². The molecule has 2 aromatic heterocycles. The quantitative estimate of drug-likeness (QED) is 0.224. The standard InChI is InChI=1S/C35H21NS/c1-2-11-23-22(10-1)24-12-3-4-13-26(24)28-16-7-17-29(33(28)27-15-6-5-14-25(23)27)30-18-8-19-31-32-20-9-21-36-35(32)37-34(30)31/h1-21H. The molecule has 0 aliphatic heterocycles. The summed E-state index contributed by atoms with van der Waals surface area (Å²) in [6.45, 7) is 0. The van der Waals surface area contributed by atoms with Gasteiger partial charge in [-0.1, -0.05) is 109 Å². The summed E-state index contributed by atoms with van der Waals surface area (Å²) in [6, 6.07) is 44.2. The van der Waals surface area contributed by atoms with Crippen molar-refractivity contribution in [3.05, 3.63) is 128 Å². The summed E-state index contributed by atoms with van der Waals surface area (Å²) >= 11 is 1.79. The van der Waals surface area contributed by atoms with Gasteiger partial charge >= 0.3 is 0 Å². The fraction of sp³-hybridized carbons (Fsp3) is 0. The third kappa shape index (κ3) is 3.00. The molecule has 1 aliphatic rings. The van der Waals surface area contributed by atoms with Crippen molar-refractivity contribution >= 4 is 31.6 Å². The van der Waals surface area contributed by atoms with Gasteiger partial charge in [0.25, 0.3) is 0 Å². The van der Waals surface area contributed by atoms with Crippen molar-refractivity contribution in [3.8, 4) is 55.6 Å². The number of hydrogen-bond acceptors (Lipinski definition) is 2. The Morgan fingerprint density at radius 1 is 0.378 bits per heavy atom. The average Bonchev–Trinajstić information content (AvgIpc) is 3.35. The Hall–Kier alpha value is -4.53. The molecule has 0 fully saturated rings. The molecule has 0 atom stereocenters. The molecule has 0 radical (unpaired) electrons. The van der Waals surface area contributed by atoms with Gasteiger partial charge in [-0.05, 0) is 62.2 Å². The van der Waals surface area contributed by atoms with Crippen LogP contribution >= 0.6 is 11.3 Å². The molecule has 5 aromatic carbocycles. The van der Waals surface area contributed by atoms with E-state index in [9.17, 15) is 0 Å². The van der Waals surface area contributed by atoms with E-state index in [1.165, 1.54) is 71.1 Å². The van der Waals surface area contributed by atoms with Crippen LogP contribution in [0.25, 0.3) is 75.9 Å². The summed E-state index contributed by atoms with van der Waals surface area (Å²) in [7, 11) is 0. The first kappa shape index (κ1) is 20.6. The summed E-state index contributed by atoms with van der Waals surface area (Å²) in [6.07, 6.45) is 1.89. The third-order valence-electron chi connectivity index (χ3n) is 7.55. The van der Waals surface area contributed by atoms with Crippen molar-refractivity contribution in [1.29, 1.82) is 0 Å². The van der Waals surface area contributed by atoms with Gasteiger partial charge in [-0.15, -0.1) is 11.3 Å². The molecular formula is C35H21NS. The highest BCUT2D eigenvalue weighted by molar-refractivity contribution is 7.26. The van der Waals surface area contributed by atoms with Gasteiger partial charge in [0.05, 0.1) is 0 Å². The van der Waals surface area contributed by atoms with E-state index in [0.29, 0.717) is 0 Å². The second kappa shape index (κ2) is 7.99. The summed E-state index contributed by atoms with van der Waals surface area (Å²) in [5.74, 6) is 0. The van der Waals surface area contributed by atoms with Gasteiger partial charge < -0.3 is 0 Å².